The maximum atomic E-state index is 3.59. The van der Waals surface area contributed by atoms with Crippen LogP contribution in [0.15, 0.2) is 15.9 Å². The normalized spacial score (nSPS) is 15.4. The molecule has 1 aromatic rings. The molecule has 0 aliphatic carbocycles. The first kappa shape index (κ1) is 12.2. The van der Waals surface area contributed by atoms with Crippen LogP contribution in [-0.4, -0.2) is 13.1 Å². The summed E-state index contributed by atoms with van der Waals surface area (Å²) in [5, 5.41) is 5.49. The van der Waals surface area contributed by atoms with Gasteiger partial charge in [-0.3, -0.25) is 0 Å². The second kappa shape index (κ2) is 5.89. The molecular formula is C11H18BrNS. The van der Waals surface area contributed by atoms with Crippen LogP contribution < -0.4 is 5.32 Å². The second-order valence-corrected chi connectivity index (χ2v) is 5.50. The molecule has 14 heavy (non-hydrogen) atoms. The van der Waals surface area contributed by atoms with Gasteiger partial charge in [-0.05, 0) is 53.7 Å². The molecule has 0 aliphatic heterocycles. The maximum Gasteiger partial charge on any atom is 0.0314 e. The molecule has 3 heteroatoms. The number of hydrogen-bond donors (Lipinski definition) is 1. The fourth-order valence-corrected chi connectivity index (χ4v) is 3.23. The number of hydrogen-bond acceptors (Lipinski definition) is 2. The minimum absolute atomic E-state index is 0.592. The highest BCUT2D eigenvalue weighted by Crippen LogP contribution is 2.27. The molecule has 1 aromatic heterocycles. The molecule has 1 nitrogen and oxygen atoms in total. The van der Waals surface area contributed by atoms with Crippen molar-refractivity contribution in [2.45, 2.75) is 32.7 Å². The Morgan fingerprint density at radius 1 is 1.57 bits per heavy atom. The van der Waals surface area contributed by atoms with Crippen LogP contribution in [-0.2, 0) is 6.42 Å². The zero-order valence-electron chi connectivity index (χ0n) is 9.01. The SMILES string of the molecule is CCC(Cc1sccc1Br)C(C)NC. The average Bonchev–Trinajstić information content (AvgIpc) is 2.59. The molecule has 0 saturated carbocycles. The molecule has 1 heterocycles. The maximum absolute atomic E-state index is 3.59. The highest BCUT2D eigenvalue weighted by Gasteiger charge is 2.16. The van der Waals surface area contributed by atoms with Crippen molar-refractivity contribution < 1.29 is 0 Å². The molecule has 80 valence electrons. The van der Waals surface area contributed by atoms with Crippen LogP contribution in [0.4, 0.5) is 0 Å². The Morgan fingerprint density at radius 2 is 2.29 bits per heavy atom. The van der Waals surface area contributed by atoms with Gasteiger partial charge >= 0.3 is 0 Å². The zero-order chi connectivity index (χ0) is 10.6. The first-order valence-corrected chi connectivity index (χ1v) is 6.75. The summed E-state index contributed by atoms with van der Waals surface area (Å²) in [4.78, 5) is 1.47. The summed E-state index contributed by atoms with van der Waals surface area (Å²) >= 11 is 5.43. The van der Waals surface area contributed by atoms with Crippen LogP contribution in [0.3, 0.4) is 0 Å². The molecule has 1 rings (SSSR count). The summed E-state index contributed by atoms with van der Waals surface area (Å²) in [6, 6.07) is 2.73. The van der Waals surface area contributed by atoms with Crippen LogP contribution in [0.2, 0.25) is 0 Å². The summed E-state index contributed by atoms with van der Waals surface area (Å²) in [7, 11) is 2.04. The van der Waals surface area contributed by atoms with Crippen molar-refractivity contribution in [3.8, 4) is 0 Å². The van der Waals surface area contributed by atoms with Crippen molar-refractivity contribution >= 4 is 27.3 Å². The second-order valence-electron chi connectivity index (χ2n) is 3.64. The number of nitrogens with one attached hydrogen (secondary N) is 1. The van der Waals surface area contributed by atoms with Crippen molar-refractivity contribution in [2.75, 3.05) is 7.05 Å². The van der Waals surface area contributed by atoms with Gasteiger partial charge in [-0.25, -0.2) is 0 Å². The quantitative estimate of drug-likeness (QED) is 0.865. The monoisotopic (exact) mass is 275 g/mol. The fraction of sp³-hybridized carbons (Fsp3) is 0.636. The molecule has 0 aromatic carbocycles. The van der Waals surface area contributed by atoms with Crippen LogP contribution in [0, 0.1) is 5.92 Å². The Hall–Kier alpha value is 0.140. The van der Waals surface area contributed by atoms with Crippen LogP contribution in [0.1, 0.15) is 25.1 Å². The van der Waals surface area contributed by atoms with E-state index in [1.807, 2.05) is 18.4 Å². The highest BCUT2D eigenvalue weighted by atomic mass is 79.9. The predicted octanol–water partition coefficient (Wildman–Crippen LogP) is 3.69. The van der Waals surface area contributed by atoms with Crippen LogP contribution >= 0.6 is 27.3 Å². The van der Waals surface area contributed by atoms with E-state index in [2.05, 4.69) is 46.5 Å². The van der Waals surface area contributed by atoms with E-state index in [1.165, 1.54) is 22.2 Å². The van der Waals surface area contributed by atoms with Crippen molar-refractivity contribution in [3.63, 3.8) is 0 Å². The van der Waals surface area contributed by atoms with Gasteiger partial charge in [0.15, 0.2) is 0 Å². The molecule has 2 atom stereocenters. The third kappa shape index (κ3) is 3.07. The number of thiophene rings is 1. The Kier molecular flexibility index (Phi) is 5.13. The van der Waals surface area contributed by atoms with E-state index in [9.17, 15) is 0 Å². The minimum Gasteiger partial charge on any atom is -0.317 e. The Labute approximate surface area is 99.0 Å². The lowest BCUT2D eigenvalue weighted by Crippen LogP contribution is -2.31. The summed E-state index contributed by atoms with van der Waals surface area (Å²) < 4.78 is 1.27. The Balaban J connectivity index is 2.61. The number of rotatable bonds is 5. The summed E-state index contributed by atoms with van der Waals surface area (Å²) in [5.74, 6) is 0.731. The summed E-state index contributed by atoms with van der Waals surface area (Å²) in [6.07, 6.45) is 2.41. The van der Waals surface area contributed by atoms with Gasteiger partial charge in [-0.1, -0.05) is 13.3 Å². The van der Waals surface area contributed by atoms with E-state index in [4.69, 9.17) is 0 Å². The van der Waals surface area contributed by atoms with Gasteiger partial charge in [0.1, 0.15) is 0 Å². The van der Waals surface area contributed by atoms with Gasteiger partial charge in [0.25, 0.3) is 0 Å². The summed E-state index contributed by atoms with van der Waals surface area (Å²) in [5.41, 5.74) is 0. The van der Waals surface area contributed by atoms with Gasteiger partial charge in [-0.15, -0.1) is 11.3 Å². The molecule has 0 aliphatic rings. The van der Waals surface area contributed by atoms with Gasteiger partial charge in [-0.2, -0.15) is 0 Å². The highest BCUT2D eigenvalue weighted by molar-refractivity contribution is 9.10. The summed E-state index contributed by atoms with van der Waals surface area (Å²) in [6.45, 7) is 4.52. The third-order valence-electron chi connectivity index (χ3n) is 2.83. The molecule has 0 spiro atoms. The lowest BCUT2D eigenvalue weighted by atomic mass is 9.94. The molecule has 2 unspecified atom stereocenters. The first-order chi connectivity index (χ1) is 6.69. The molecule has 1 N–H and O–H groups in total. The third-order valence-corrected chi connectivity index (χ3v) is 4.77. The van der Waals surface area contributed by atoms with Crippen molar-refractivity contribution in [2.24, 2.45) is 5.92 Å². The lowest BCUT2D eigenvalue weighted by molar-refractivity contribution is 0.383. The van der Waals surface area contributed by atoms with Gasteiger partial charge in [0.05, 0.1) is 0 Å². The average molecular weight is 276 g/mol. The Morgan fingerprint density at radius 3 is 2.71 bits per heavy atom. The smallest absolute Gasteiger partial charge is 0.0314 e. The van der Waals surface area contributed by atoms with E-state index in [0.29, 0.717) is 6.04 Å². The molecule has 0 fully saturated rings. The van der Waals surface area contributed by atoms with Gasteiger partial charge in [0.2, 0.25) is 0 Å². The molecule has 0 bridgehead atoms. The van der Waals surface area contributed by atoms with Gasteiger partial charge < -0.3 is 5.32 Å². The standard InChI is InChI=1S/C11H18BrNS/c1-4-9(8(2)13-3)7-11-10(12)5-6-14-11/h5-6,8-9,13H,4,7H2,1-3H3. The van der Waals surface area contributed by atoms with Crippen molar-refractivity contribution in [1.29, 1.82) is 0 Å². The van der Waals surface area contributed by atoms with E-state index in [-0.39, 0.29) is 0 Å². The van der Waals surface area contributed by atoms with E-state index in [0.717, 1.165) is 5.92 Å². The minimum atomic E-state index is 0.592. The van der Waals surface area contributed by atoms with Gasteiger partial charge in [0, 0.05) is 15.4 Å². The Bertz CT molecular complexity index is 272. The van der Waals surface area contributed by atoms with Crippen LogP contribution in [0.25, 0.3) is 0 Å². The number of halogens is 1. The lowest BCUT2D eigenvalue weighted by Gasteiger charge is -2.21. The molecule has 0 radical (unpaired) electrons. The van der Waals surface area contributed by atoms with Crippen molar-refractivity contribution in [3.05, 3.63) is 20.8 Å². The van der Waals surface area contributed by atoms with E-state index >= 15 is 0 Å². The van der Waals surface area contributed by atoms with E-state index in [1.54, 1.807) is 0 Å². The van der Waals surface area contributed by atoms with Crippen LogP contribution in [0.5, 0.6) is 0 Å². The fourth-order valence-electron chi connectivity index (χ4n) is 1.62. The predicted molar refractivity (Wildman–Crippen MR) is 68.0 cm³/mol. The molecular weight excluding hydrogens is 258 g/mol. The first-order valence-electron chi connectivity index (χ1n) is 5.08. The van der Waals surface area contributed by atoms with E-state index < -0.39 is 0 Å². The molecule has 0 amide bonds. The van der Waals surface area contributed by atoms with Crippen molar-refractivity contribution in [1.82, 2.24) is 5.32 Å². The molecule has 0 saturated heterocycles. The topological polar surface area (TPSA) is 12.0 Å². The zero-order valence-corrected chi connectivity index (χ0v) is 11.4. The largest absolute Gasteiger partial charge is 0.317 e.